The number of hydrogen-bond donors (Lipinski definition) is 6. The largest absolute Gasteiger partial charge is 0.472 e. The lowest BCUT2D eigenvalue weighted by Gasteiger charge is -2.41. The quantitative estimate of drug-likeness (QED) is 0.0147. The van der Waals surface area contributed by atoms with Crippen molar-refractivity contribution < 1.29 is 63.1 Å². The van der Waals surface area contributed by atoms with Gasteiger partial charge >= 0.3 is 19.8 Å². The van der Waals surface area contributed by atoms with Gasteiger partial charge in [-0.1, -0.05) is 178 Å². The normalized spacial score (nSPS) is 22.1. The second kappa shape index (κ2) is 39.0. The van der Waals surface area contributed by atoms with Crippen LogP contribution >= 0.6 is 7.82 Å². The summed E-state index contributed by atoms with van der Waals surface area (Å²) in [6.45, 7) is 3.18. The topological polar surface area (TPSA) is 210 Å². The molecular formula is C49H87O13P. The fourth-order valence-electron chi connectivity index (χ4n) is 7.28. The highest BCUT2D eigenvalue weighted by Gasteiger charge is 2.51. The molecule has 6 atom stereocenters. The second-order valence-corrected chi connectivity index (χ2v) is 18.3. The van der Waals surface area contributed by atoms with E-state index < -0.39 is 75.7 Å². The van der Waals surface area contributed by atoms with Crippen molar-refractivity contribution in [2.75, 3.05) is 13.2 Å². The maximum atomic E-state index is 12.8. The van der Waals surface area contributed by atoms with Gasteiger partial charge in [-0.05, 0) is 51.4 Å². The first-order valence-corrected chi connectivity index (χ1v) is 25.9. The van der Waals surface area contributed by atoms with E-state index >= 15 is 0 Å². The summed E-state index contributed by atoms with van der Waals surface area (Å²) < 4.78 is 33.6. The summed E-state index contributed by atoms with van der Waals surface area (Å²) in [5.74, 6) is -1.12. The maximum absolute atomic E-state index is 12.8. The van der Waals surface area contributed by atoms with Gasteiger partial charge in [-0.25, -0.2) is 4.57 Å². The molecule has 6 unspecified atom stereocenters. The monoisotopic (exact) mass is 915 g/mol. The minimum absolute atomic E-state index is 0.0690. The molecule has 63 heavy (non-hydrogen) atoms. The van der Waals surface area contributed by atoms with Crippen LogP contribution in [0.2, 0.25) is 0 Å². The van der Waals surface area contributed by atoms with E-state index in [4.69, 9.17) is 18.5 Å². The summed E-state index contributed by atoms with van der Waals surface area (Å²) >= 11 is 0. The molecule has 0 aliphatic heterocycles. The van der Waals surface area contributed by atoms with Crippen LogP contribution in [0.25, 0.3) is 0 Å². The average molecular weight is 915 g/mol. The number of carbonyl (C=O) groups is 2. The van der Waals surface area contributed by atoms with Crippen molar-refractivity contribution in [3.05, 3.63) is 48.6 Å². The summed E-state index contributed by atoms with van der Waals surface area (Å²) in [7, 11) is -5.13. The van der Waals surface area contributed by atoms with Crippen LogP contribution in [0.15, 0.2) is 48.6 Å². The Kier molecular flexibility index (Phi) is 36.4. The summed E-state index contributed by atoms with van der Waals surface area (Å²) in [5.41, 5.74) is 0. The molecule has 0 aromatic heterocycles. The summed E-state index contributed by atoms with van der Waals surface area (Å²) in [4.78, 5) is 35.8. The van der Waals surface area contributed by atoms with Gasteiger partial charge in [0.1, 0.15) is 43.2 Å². The highest BCUT2D eigenvalue weighted by Crippen LogP contribution is 2.47. The Bertz CT molecular complexity index is 1290. The fourth-order valence-corrected chi connectivity index (χ4v) is 8.25. The van der Waals surface area contributed by atoms with Gasteiger partial charge < -0.3 is 39.9 Å². The Morgan fingerprint density at radius 2 is 0.905 bits per heavy atom. The van der Waals surface area contributed by atoms with Crippen LogP contribution in [0.3, 0.4) is 0 Å². The van der Waals surface area contributed by atoms with Gasteiger partial charge in [0.15, 0.2) is 6.10 Å². The number of aliphatic hydroxyl groups is 5. The van der Waals surface area contributed by atoms with E-state index in [1.165, 1.54) is 83.5 Å². The Labute approximate surface area is 380 Å². The van der Waals surface area contributed by atoms with Gasteiger partial charge in [0.2, 0.25) is 0 Å². The molecule has 1 saturated carbocycles. The fraction of sp³-hybridized carbons (Fsp3) is 0.796. The summed E-state index contributed by atoms with van der Waals surface area (Å²) in [6.07, 6.45) is 33.0. The number of allylic oxidation sites excluding steroid dienone is 8. The number of hydrogen-bond acceptors (Lipinski definition) is 12. The Morgan fingerprint density at radius 3 is 1.38 bits per heavy atom. The van der Waals surface area contributed by atoms with Gasteiger partial charge in [-0.2, -0.15) is 0 Å². The maximum Gasteiger partial charge on any atom is 0.472 e. The highest BCUT2D eigenvalue weighted by atomic mass is 31.2. The van der Waals surface area contributed by atoms with Crippen LogP contribution in [0.5, 0.6) is 0 Å². The standard InChI is InChI=1S/C49H87O13P/c1-3-5-7-9-11-13-15-17-19-21-23-25-27-29-31-33-35-37-42(50)59-39-41(40-60-63(57,58)62-49-47(55)45(53)44(52)46(54)48(49)56)61-43(51)38-36-34-32-30-28-26-24-22-20-18-16-14-12-10-8-6-4-2/h6,8,12,14,18,20,24,26,41,44-49,52-56H,3-5,7,9-11,13,15-17,19,21-23,25,27-40H2,1-2H3,(H,57,58). The molecule has 0 spiro atoms. The van der Waals surface area contributed by atoms with Gasteiger partial charge in [0.05, 0.1) is 6.61 Å². The van der Waals surface area contributed by atoms with Crippen LogP contribution in [-0.2, 0) is 32.7 Å². The Hall–Kier alpha value is -2.19. The van der Waals surface area contributed by atoms with E-state index in [-0.39, 0.29) is 12.8 Å². The lowest BCUT2D eigenvalue weighted by atomic mass is 9.85. The number of esters is 2. The zero-order valence-electron chi connectivity index (χ0n) is 38.9. The van der Waals surface area contributed by atoms with Crippen molar-refractivity contribution in [1.29, 1.82) is 0 Å². The number of rotatable bonds is 40. The first-order chi connectivity index (χ1) is 30.4. The minimum atomic E-state index is -5.13. The molecule has 0 amide bonds. The number of phosphoric ester groups is 1. The van der Waals surface area contributed by atoms with Crippen molar-refractivity contribution in [2.24, 2.45) is 0 Å². The van der Waals surface area contributed by atoms with Crippen molar-refractivity contribution >= 4 is 19.8 Å². The van der Waals surface area contributed by atoms with Gasteiger partial charge in [-0.3, -0.25) is 18.6 Å². The predicted octanol–water partition coefficient (Wildman–Crippen LogP) is 9.95. The van der Waals surface area contributed by atoms with Crippen LogP contribution in [0.1, 0.15) is 194 Å². The molecule has 6 N–H and O–H groups in total. The van der Waals surface area contributed by atoms with Crippen LogP contribution in [0, 0.1) is 0 Å². The Balaban J connectivity index is 2.44. The van der Waals surface area contributed by atoms with Crippen LogP contribution < -0.4 is 0 Å². The van der Waals surface area contributed by atoms with Gasteiger partial charge in [-0.15, -0.1) is 0 Å². The minimum Gasteiger partial charge on any atom is -0.462 e. The van der Waals surface area contributed by atoms with Crippen LogP contribution in [0.4, 0.5) is 0 Å². The number of unbranched alkanes of at least 4 members (excludes halogenated alkanes) is 20. The molecule has 1 aliphatic rings. The van der Waals surface area contributed by atoms with E-state index in [1.54, 1.807) is 0 Å². The molecule has 14 heteroatoms. The average Bonchev–Trinajstić information content (AvgIpc) is 3.26. The Morgan fingerprint density at radius 1 is 0.508 bits per heavy atom. The molecule has 1 fully saturated rings. The van der Waals surface area contributed by atoms with Gasteiger partial charge in [0.25, 0.3) is 0 Å². The third kappa shape index (κ3) is 31.4. The predicted molar refractivity (Wildman–Crippen MR) is 249 cm³/mol. The zero-order valence-corrected chi connectivity index (χ0v) is 39.8. The third-order valence-corrected chi connectivity index (χ3v) is 12.2. The number of aliphatic hydroxyl groups excluding tert-OH is 5. The molecule has 13 nitrogen and oxygen atoms in total. The number of carbonyl (C=O) groups excluding carboxylic acids is 2. The molecule has 0 radical (unpaired) electrons. The molecule has 0 saturated heterocycles. The first-order valence-electron chi connectivity index (χ1n) is 24.4. The van der Waals surface area contributed by atoms with E-state index in [0.29, 0.717) is 12.8 Å². The van der Waals surface area contributed by atoms with E-state index in [9.17, 15) is 44.6 Å². The molecule has 0 bridgehead atoms. The highest BCUT2D eigenvalue weighted by molar-refractivity contribution is 7.47. The van der Waals surface area contributed by atoms with Crippen molar-refractivity contribution in [3.8, 4) is 0 Å². The third-order valence-electron chi connectivity index (χ3n) is 11.2. The molecule has 1 aliphatic carbocycles. The zero-order chi connectivity index (χ0) is 46.4. The van der Waals surface area contributed by atoms with Crippen LogP contribution in [-0.4, -0.2) is 98.3 Å². The molecule has 0 heterocycles. The molecule has 0 aromatic rings. The molecule has 0 aromatic carbocycles. The van der Waals surface area contributed by atoms with E-state index in [2.05, 4.69) is 62.5 Å². The first kappa shape index (κ1) is 58.8. The lowest BCUT2D eigenvalue weighted by Crippen LogP contribution is -2.64. The second-order valence-electron chi connectivity index (χ2n) is 16.9. The SMILES string of the molecule is CCC=CCC=CCC=CCC=CCCCCCCC(=O)OC(COC(=O)CCCCCCCCCCCCCCCCCCC)COP(=O)(O)OC1C(O)C(O)C(O)C(O)C1O. The number of phosphoric acid groups is 1. The summed E-state index contributed by atoms with van der Waals surface area (Å²) in [6, 6.07) is 0. The smallest absolute Gasteiger partial charge is 0.462 e. The molecule has 366 valence electrons. The molecular weight excluding hydrogens is 828 g/mol. The molecule has 1 rings (SSSR count). The lowest BCUT2D eigenvalue weighted by molar-refractivity contribution is -0.220. The summed E-state index contributed by atoms with van der Waals surface area (Å²) in [5, 5.41) is 50.2. The van der Waals surface area contributed by atoms with E-state index in [1.807, 2.05) is 0 Å². The number of ether oxygens (including phenoxy) is 2. The van der Waals surface area contributed by atoms with Crippen molar-refractivity contribution in [2.45, 2.75) is 236 Å². The van der Waals surface area contributed by atoms with Crippen molar-refractivity contribution in [1.82, 2.24) is 0 Å². The van der Waals surface area contributed by atoms with Crippen molar-refractivity contribution in [3.63, 3.8) is 0 Å². The van der Waals surface area contributed by atoms with Gasteiger partial charge in [0, 0.05) is 12.8 Å². The van der Waals surface area contributed by atoms with E-state index in [0.717, 1.165) is 70.6 Å².